The van der Waals surface area contributed by atoms with E-state index in [0.29, 0.717) is 16.4 Å². The molecule has 4 rings (SSSR count). The number of methoxy groups -OCH3 is 1. The molecule has 0 bridgehead atoms. The molecule has 0 amide bonds. The molecule has 2 N–H and O–H groups in total. The second kappa shape index (κ2) is 8.55. The quantitative estimate of drug-likeness (QED) is 0.474. The van der Waals surface area contributed by atoms with Crippen molar-refractivity contribution in [3.05, 3.63) is 89.1 Å². The van der Waals surface area contributed by atoms with Crippen LogP contribution in [-0.4, -0.2) is 18.2 Å². The molecular formula is C24H22N2O3S. The number of benzene rings is 3. The Labute approximate surface area is 180 Å². The van der Waals surface area contributed by atoms with Crippen molar-refractivity contribution in [3.8, 4) is 5.75 Å². The Balaban J connectivity index is 1.64. The zero-order valence-corrected chi connectivity index (χ0v) is 17.6. The van der Waals surface area contributed by atoms with Crippen molar-refractivity contribution in [3.63, 3.8) is 0 Å². The van der Waals surface area contributed by atoms with Gasteiger partial charge in [0.1, 0.15) is 12.4 Å². The zero-order chi connectivity index (χ0) is 21.1. The first-order chi connectivity index (χ1) is 14.5. The van der Waals surface area contributed by atoms with Gasteiger partial charge < -0.3 is 20.1 Å². The Kier molecular flexibility index (Phi) is 5.68. The molecule has 1 heterocycles. The van der Waals surface area contributed by atoms with Crippen LogP contribution in [0, 0.1) is 0 Å². The lowest BCUT2D eigenvalue weighted by Gasteiger charge is -2.30. The van der Waals surface area contributed by atoms with Crippen LogP contribution in [0.4, 0.5) is 0 Å². The maximum atomic E-state index is 13.0. The van der Waals surface area contributed by atoms with Crippen LogP contribution in [0.5, 0.6) is 5.75 Å². The molecule has 0 unspecified atom stereocenters. The average Bonchev–Trinajstić information content (AvgIpc) is 2.77. The number of thiocarbonyl (C=S) groups is 1. The average molecular weight is 419 g/mol. The number of hydrogen-bond acceptors (Lipinski definition) is 4. The summed E-state index contributed by atoms with van der Waals surface area (Å²) in [6, 6.07) is 21.2. The number of carbonyl (C=O) groups is 1. The molecule has 3 aromatic rings. The van der Waals surface area contributed by atoms with Crippen LogP contribution < -0.4 is 15.4 Å². The van der Waals surface area contributed by atoms with Crippen LogP contribution >= 0.6 is 12.2 Å². The second-order valence-corrected chi connectivity index (χ2v) is 7.51. The van der Waals surface area contributed by atoms with E-state index in [1.807, 2.05) is 67.6 Å². The molecule has 1 aliphatic rings. The van der Waals surface area contributed by atoms with Gasteiger partial charge in [-0.05, 0) is 59.2 Å². The highest BCUT2D eigenvalue weighted by Crippen LogP contribution is 2.31. The minimum atomic E-state index is -0.395. The van der Waals surface area contributed by atoms with E-state index >= 15 is 0 Å². The molecule has 0 aliphatic carbocycles. The van der Waals surface area contributed by atoms with Crippen molar-refractivity contribution in [1.29, 1.82) is 0 Å². The number of rotatable bonds is 5. The summed E-state index contributed by atoms with van der Waals surface area (Å²) >= 11 is 5.34. The fourth-order valence-electron chi connectivity index (χ4n) is 3.56. The van der Waals surface area contributed by atoms with Crippen molar-refractivity contribution in [2.75, 3.05) is 7.11 Å². The van der Waals surface area contributed by atoms with Crippen LogP contribution in [0.15, 0.2) is 78.0 Å². The SMILES string of the molecule is COc1ccc2cc([C@H]3NC(=S)NC(C)=C3C(=O)OCc3ccccc3)ccc2c1. The summed E-state index contributed by atoms with van der Waals surface area (Å²) in [5.74, 6) is 0.427. The van der Waals surface area contributed by atoms with Crippen LogP contribution in [-0.2, 0) is 16.1 Å². The molecule has 0 spiro atoms. The van der Waals surface area contributed by atoms with E-state index < -0.39 is 6.04 Å². The number of esters is 1. The molecule has 6 heteroatoms. The topological polar surface area (TPSA) is 59.6 Å². The largest absolute Gasteiger partial charge is 0.497 e. The highest BCUT2D eigenvalue weighted by atomic mass is 32.1. The van der Waals surface area contributed by atoms with Crippen molar-refractivity contribution >= 4 is 34.1 Å². The first-order valence-corrected chi connectivity index (χ1v) is 10.0. The van der Waals surface area contributed by atoms with Crippen LogP contribution in [0.2, 0.25) is 0 Å². The van der Waals surface area contributed by atoms with Gasteiger partial charge in [0.05, 0.1) is 18.7 Å². The lowest BCUT2D eigenvalue weighted by atomic mass is 9.94. The van der Waals surface area contributed by atoms with E-state index in [9.17, 15) is 4.79 Å². The molecule has 0 radical (unpaired) electrons. The second-order valence-electron chi connectivity index (χ2n) is 7.10. The smallest absolute Gasteiger partial charge is 0.338 e. The summed E-state index contributed by atoms with van der Waals surface area (Å²) < 4.78 is 10.9. The van der Waals surface area contributed by atoms with E-state index in [1.54, 1.807) is 7.11 Å². The molecule has 0 fully saturated rings. The van der Waals surface area contributed by atoms with Crippen molar-refractivity contribution in [2.24, 2.45) is 0 Å². The summed E-state index contributed by atoms with van der Waals surface area (Å²) in [6.45, 7) is 2.05. The lowest BCUT2D eigenvalue weighted by Crippen LogP contribution is -2.45. The fourth-order valence-corrected chi connectivity index (χ4v) is 3.84. The van der Waals surface area contributed by atoms with Crippen molar-refractivity contribution < 1.29 is 14.3 Å². The van der Waals surface area contributed by atoms with Crippen molar-refractivity contribution in [1.82, 2.24) is 10.6 Å². The Morgan fingerprint density at radius 3 is 2.53 bits per heavy atom. The number of carbonyl (C=O) groups excluding carboxylic acids is 1. The van der Waals surface area contributed by atoms with Gasteiger partial charge in [0.25, 0.3) is 0 Å². The molecule has 1 aliphatic heterocycles. The zero-order valence-electron chi connectivity index (χ0n) is 16.8. The summed E-state index contributed by atoms with van der Waals surface area (Å²) in [5, 5.41) is 8.85. The Hall–Kier alpha value is -3.38. The standard InChI is InChI=1S/C24H22N2O3S/c1-15-21(23(27)29-14-16-6-4-3-5-7-16)22(26-24(30)25-15)19-9-8-18-13-20(28-2)11-10-17(18)12-19/h3-13,22H,14H2,1-2H3,(H2,25,26,30)/t22-/m1/s1. The minimum Gasteiger partial charge on any atom is -0.497 e. The van der Waals surface area contributed by atoms with Crippen molar-refractivity contribution in [2.45, 2.75) is 19.6 Å². The molecular weight excluding hydrogens is 396 g/mol. The Morgan fingerprint density at radius 2 is 1.77 bits per heavy atom. The van der Waals surface area contributed by atoms with Gasteiger partial charge in [-0.1, -0.05) is 48.5 Å². The number of ether oxygens (including phenoxy) is 2. The first kappa shape index (κ1) is 19.9. The van der Waals surface area contributed by atoms with Gasteiger partial charge in [-0.2, -0.15) is 0 Å². The van der Waals surface area contributed by atoms with Gasteiger partial charge in [-0.15, -0.1) is 0 Å². The summed E-state index contributed by atoms with van der Waals surface area (Å²) in [6.07, 6.45) is 0. The monoisotopic (exact) mass is 418 g/mol. The molecule has 0 aromatic heterocycles. The van der Waals surface area contributed by atoms with Crippen LogP contribution in [0.1, 0.15) is 24.1 Å². The first-order valence-electron chi connectivity index (χ1n) is 9.62. The molecule has 0 saturated heterocycles. The predicted molar refractivity (Wildman–Crippen MR) is 121 cm³/mol. The third-order valence-corrected chi connectivity index (χ3v) is 5.33. The van der Waals surface area contributed by atoms with Gasteiger partial charge >= 0.3 is 5.97 Å². The summed E-state index contributed by atoms with van der Waals surface area (Å²) in [4.78, 5) is 13.0. The number of fused-ring (bicyclic) bond motifs is 1. The van der Waals surface area contributed by atoms with Gasteiger partial charge in [-0.3, -0.25) is 0 Å². The van der Waals surface area contributed by atoms with Crippen LogP contribution in [0.3, 0.4) is 0 Å². The normalized spacial score (nSPS) is 16.1. The Morgan fingerprint density at radius 1 is 1.03 bits per heavy atom. The maximum Gasteiger partial charge on any atom is 0.338 e. The van der Waals surface area contributed by atoms with Gasteiger partial charge in [-0.25, -0.2) is 4.79 Å². The highest BCUT2D eigenvalue weighted by Gasteiger charge is 2.31. The third-order valence-electron chi connectivity index (χ3n) is 5.11. The molecule has 5 nitrogen and oxygen atoms in total. The molecule has 30 heavy (non-hydrogen) atoms. The van der Waals surface area contributed by atoms with E-state index in [-0.39, 0.29) is 12.6 Å². The van der Waals surface area contributed by atoms with E-state index in [4.69, 9.17) is 21.7 Å². The van der Waals surface area contributed by atoms with Gasteiger partial charge in [0.15, 0.2) is 5.11 Å². The van der Waals surface area contributed by atoms with Crippen LogP contribution in [0.25, 0.3) is 10.8 Å². The number of nitrogens with one attached hydrogen (secondary N) is 2. The van der Waals surface area contributed by atoms with Gasteiger partial charge in [0.2, 0.25) is 0 Å². The molecule has 0 saturated carbocycles. The number of hydrogen-bond donors (Lipinski definition) is 2. The number of allylic oxidation sites excluding steroid dienone is 1. The summed E-state index contributed by atoms with van der Waals surface area (Å²) in [5.41, 5.74) is 3.08. The fraction of sp³-hybridized carbons (Fsp3) is 0.167. The maximum absolute atomic E-state index is 13.0. The predicted octanol–water partition coefficient (Wildman–Crippen LogP) is 4.38. The highest BCUT2D eigenvalue weighted by molar-refractivity contribution is 7.80. The molecule has 152 valence electrons. The Bertz CT molecular complexity index is 1140. The third kappa shape index (κ3) is 4.14. The molecule has 1 atom stereocenters. The van der Waals surface area contributed by atoms with E-state index in [1.165, 1.54) is 0 Å². The minimum absolute atomic E-state index is 0.213. The summed E-state index contributed by atoms with van der Waals surface area (Å²) in [7, 11) is 1.65. The van der Waals surface area contributed by atoms with E-state index in [2.05, 4.69) is 16.7 Å². The van der Waals surface area contributed by atoms with E-state index in [0.717, 1.165) is 27.6 Å². The molecule has 3 aromatic carbocycles. The lowest BCUT2D eigenvalue weighted by molar-refractivity contribution is -0.140. The van der Waals surface area contributed by atoms with Gasteiger partial charge in [0, 0.05) is 5.70 Å².